The van der Waals surface area contributed by atoms with Crippen LogP contribution in [-0.2, 0) is 13.0 Å². The molecule has 0 aromatic carbocycles. The molecular formula is C11H21N3O2. The average Bonchev–Trinajstić information content (AvgIpc) is 2.49. The van der Waals surface area contributed by atoms with E-state index < -0.39 is 0 Å². The van der Waals surface area contributed by atoms with Crippen molar-refractivity contribution in [3.8, 4) is 0 Å². The first-order valence-electron chi connectivity index (χ1n) is 5.65. The smallest absolute Gasteiger partial charge is 0.240 e. The molecule has 5 nitrogen and oxygen atoms in total. The minimum absolute atomic E-state index is 0.344. The number of likely N-dealkylation sites (N-methyl/N-ethyl adjacent to an activating group) is 1. The van der Waals surface area contributed by atoms with E-state index in [-0.39, 0.29) is 6.10 Å². The van der Waals surface area contributed by atoms with Crippen LogP contribution in [0.1, 0.15) is 32.5 Å². The standard InChI is InChI=1S/C11H21N3O2/c1-8(2)5-10-12-11(16-13-10)7-14(4)6-9(3)15/h8-9,15H,5-7H2,1-4H3. The van der Waals surface area contributed by atoms with Gasteiger partial charge in [-0.2, -0.15) is 4.98 Å². The molecule has 1 atom stereocenters. The van der Waals surface area contributed by atoms with E-state index in [4.69, 9.17) is 4.52 Å². The van der Waals surface area contributed by atoms with Crippen LogP contribution in [0.2, 0.25) is 0 Å². The highest BCUT2D eigenvalue weighted by Gasteiger charge is 2.11. The molecule has 5 heteroatoms. The fraction of sp³-hybridized carbons (Fsp3) is 0.818. The minimum Gasteiger partial charge on any atom is -0.392 e. The van der Waals surface area contributed by atoms with E-state index in [1.807, 2.05) is 11.9 Å². The topological polar surface area (TPSA) is 62.4 Å². The van der Waals surface area contributed by atoms with Crippen molar-refractivity contribution in [2.24, 2.45) is 5.92 Å². The van der Waals surface area contributed by atoms with E-state index in [1.54, 1.807) is 6.92 Å². The lowest BCUT2D eigenvalue weighted by Gasteiger charge is -2.15. The molecule has 1 aromatic rings. The molecule has 1 aromatic heterocycles. The van der Waals surface area contributed by atoms with Crippen LogP contribution in [0.4, 0.5) is 0 Å². The summed E-state index contributed by atoms with van der Waals surface area (Å²) in [6, 6.07) is 0. The van der Waals surface area contributed by atoms with E-state index in [0.29, 0.717) is 24.9 Å². The van der Waals surface area contributed by atoms with Gasteiger partial charge in [-0.3, -0.25) is 4.90 Å². The van der Waals surface area contributed by atoms with Crippen molar-refractivity contribution in [3.05, 3.63) is 11.7 Å². The Morgan fingerprint density at radius 2 is 2.06 bits per heavy atom. The second kappa shape index (κ2) is 5.96. The molecule has 0 radical (unpaired) electrons. The minimum atomic E-state index is -0.344. The predicted molar refractivity (Wildman–Crippen MR) is 60.9 cm³/mol. The third kappa shape index (κ3) is 4.72. The lowest BCUT2D eigenvalue weighted by Crippen LogP contribution is -2.26. The van der Waals surface area contributed by atoms with Gasteiger partial charge in [0.25, 0.3) is 0 Å². The summed E-state index contributed by atoms with van der Waals surface area (Å²) in [5.74, 6) is 1.90. The number of nitrogens with zero attached hydrogens (tertiary/aromatic N) is 3. The van der Waals surface area contributed by atoms with Gasteiger partial charge in [0.05, 0.1) is 12.6 Å². The Morgan fingerprint density at radius 3 is 2.62 bits per heavy atom. The summed E-state index contributed by atoms with van der Waals surface area (Å²) in [5.41, 5.74) is 0. The SMILES string of the molecule is CC(C)Cc1noc(CN(C)CC(C)O)n1. The highest BCUT2D eigenvalue weighted by atomic mass is 16.5. The van der Waals surface area contributed by atoms with Crippen molar-refractivity contribution in [1.29, 1.82) is 0 Å². The summed E-state index contributed by atoms with van der Waals surface area (Å²) in [6.07, 6.45) is 0.493. The molecule has 0 fully saturated rings. The quantitative estimate of drug-likeness (QED) is 0.788. The van der Waals surface area contributed by atoms with Crippen LogP contribution in [0.3, 0.4) is 0 Å². The third-order valence-corrected chi connectivity index (χ3v) is 2.08. The number of aliphatic hydroxyl groups excluding tert-OH is 1. The van der Waals surface area contributed by atoms with Crippen LogP contribution in [0.15, 0.2) is 4.52 Å². The molecule has 1 N–H and O–H groups in total. The molecule has 1 heterocycles. The summed E-state index contributed by atoms with van der Waals surface area (Å²) < 4.78 is 5.13. The molecule has 92 valence electrons. The van der Waals surface area contributed by atoms with Gasteiger partial charge in [-0.05, 0) is 19.9 Å². The van der Waals surface area contributed by atoms with Crippen LogP contribution >= 0.6 is 0 Å². The number of aromatic nitrogens is 2. The van der Waals surface area contributed by atoms with Gasteiger partial charge in [-0.25, -0.2) is 0 Å². The zero-order valence-corrected chi connectivity index (χ0v) is 10.5. The van der Waals surface area contributed by atoms with Crippen molar-refractivity contribution in [1.82, 2.24) is 15.0 Å². The highest BCUT2D eigenvalue weighted by molar-refractivity contribution is 4.87. The lowest BCUT2D eigenvalue weighted by molar-refractivity contribution is 0.131. The first-order valence-corrected chi connectivity index (χ1v) is 5.65. The van der Waals surface area contributed by atoms with E-state index in [9.17, 15) is 5.11 Å². The molecule has 0 bridgehead atoms. The molecule has 0 aliphatic heterocycles. The molecular weight excluding hydrogens is 206 g/mol. The summed E-state index contributed by atoms with van der Waals surface area (Å²) in [7, 11) is 1.92. The van der Waals surface area contributed by atoms with Crippen molar-refractivity contribution in [3.63, 3.8) is 0 Å². The Labute approximate surface area is 96.5 Å². The summed E-state index contributed by atoms with van der Waals surface area (Å²) >= 11 is 0. The van der Waals surface area contributed by atoms with Crippen molar-refractivity contribution >= 4 is 0 Å². The summed E-state index contributed by atoms with van der Waals surface area (Å²) in [4.78, 5) is 6.25. The molecule has 0 saturated carbocycles. The number of rotatable bonds is 6. The fourth-order valence-corrected chi connectivity index (χ4v) is 1.55. The van der Waals surface area contributed by atoms with Gasteiger partial charge in [0.15, 0.2) is 5.82 Å². The van der Waals surface area contributed by atoms with Crippen LogP contribution in [0.25, 0.3) is 0 Å². The number of aliphatic hydroxyl groups is 1. The van der Waals surface area contributed by atoms with Gasteiger partial charge in [0, 0.05) is 13.0 Å². The zero-order valence-electron chi connectivity index (χ0n) is 10.5. The predicted octanol–water partition coefficient (Wildman–Crippen LogP) is 1.08. The Hall–Kier alpha value is -0.940. The molecule has 0 spiro atoms. The maximum Gasteiger partial charge on any atom is 0.240 e. The maximum atomic E-state index is 9.22. The fourth-order valence-electron chi connectivity index (χ4n) is 1.55. The van der Waals surface area contributed by atoms with Gasteiger partial charge in [-0.15, -0.1) is 0 Å². The lowest BCUT2D eigenvalue weighted by atomic mass is 10.1. The van der Waals surface area contributed by atoms with Crippen LogP contribution in [-0.4, -0.2) is 39.8 Å². The molecule has 0 aliphatic rings. The highest BCUT2D eigenvalue weighted by Crippen LogP contribution is 2.06. The van der Waals surface area contributed by atoms with Crippen molar-refractivity contribution in [2.75, 3.05) is 13.6 Å². The van der Waals surface area contributed by atoms with Gasteiger partial charge >= 0.3 is 0 Å². The largest absolute Gasteiger partial charge is 0.392 e. The van der Waals surface area contributed by atoms with Gasteiger partial charge < -0.3 is 9.63 Å². The Kier molecular flexibility index (Phi) is 4.89. The number of hydrogen-bond acceptors (Lipinski definition) is 5. The zero-order chi connectivity index (χ0) is 12.1. The van der Waals surface area contributed by atoms with Crippen molar-refractivity contribution < 1.29 is 9.63 Å². The van der Waals surface area contributed by atoms with Crippen LogP contribution < -0.4 is 0 Å². The van der Waals surface area contributed by atoms with Gasteiger partial charge in [0.2, 0.25) is 5.89 Å². The second-order valence-electron chi connectivity index (χ2n) is 4.75. The Morgan fingerprint density at radius 1 is 1.38 bits per heavy atom. The third-order valence-electron chi connectivity index (χ3n) is 2.08. The van der Waals surface area contributed by atoms with E-state index in [0.717, 1.165) is 12.2 Å². The van der Waals surface area contributed by atoms with Crippen molar-refractivity contribution in [2.45, 2.75) is 39.8 Å². The van der Waals surface area contributed by atoms with Gasteiger partial charge in [-0.1, -0.05) is 19.0 Å². The molecule has 16 heavy (non-hydrogen) atoms. The molecule has 1 rings (SSSR count). The maximum absolute atomic E-state index is 9.22. The van der Waals surface area contributed by atoms with Crippen LogP contribution in [0, 0.1) is 5.92 Å². The second-order valence-corrected chi connectivity index (χ2v) is 4.75. The Balaban J connectivity index is 2.45. The van der Waals surface area contributed by atoms with Gasteiger partial charge in [0.1, 0.15) is 0 Å². The first kappa shape index (κ1) is 13.1. The van der Waals surface area contributed by atoms with E-state index in [1.165, 1.54) is 0 Å². The molecule has 0 saturated heterocycles. The molecule has 0 amide bonds. The van der Waals surface area contributed by atoms with E-state index in [2.05, 4.69) is 24.0 Å². The summed E-state index contributed by atoms with van der Waals surface area (Å²) in [6.45, 7) is 7.18. The average molecular weight is 227 g/mol. The molecule has 1 unspecified atom stereocenters. The first-order chi connectivity index (χ1) is 7.47. The summed E-state index contributed by atoms with van der Waals surface area (Å²) in [5, 5.41) is 13.1. The normalized spacial score (nSPS) is 13.7. The monoisotopic (exact) mass is 227 g/mol. The number of hydrogen-bond donors (Lipinski definition) is 1. The molecule has 0 aliphatic carbocycles. The Bertz CT molecular complexity index is 310. The van der Waals surface area contributed by atoms with Crippen LogP contribution in [0.5, 0.6) is 0 Å². The van der Waals surface area contributed by atoms with E-state index >= 15 is 0 Å².